The highest BCUT2D eigenvalue weighted by molar-refractivity contribution is 5.44. The summed E-state index contributed by atoms with van der Waals surface area (Å²) in [4.78, 5) is 6.46. The minimum atomic E-state index is 0.824. The molecule has 0 saturated carbocycles. The summed E-state index contributed by atoms with van der Waals surface area (Å²) in [6, 6.07) is 16.9. The average molecular weight is 197 g/mol. The van der Waals surface area contributed by atoms with Gasteiger partial charge < -0.3 is 4.90 Å². The normalized spacial score (nSPS) is 9.93. The average Bonchev–Trinajstić information content (AvgIpc) is 2.31. The molecule has 15 heavy (non-hydrogen) atoms. The molecule has 0 aliphatic carbocycles. The lowest BCUT2D eigenvalue weighted by atomic mass is 10.2. The van der Waals surface area contributed by atoms with Crippen LogP contribution in [0.1, 0.15) is 5.69 Å². The van der Waals surface area contributed by atoms with Gasteiger partial charge in [-0.3, -0.25) is 4.98 Å². The standard InChI is InChI=1S/C13H13N2/c1-15(13-8-3-2-4-9-13)11-12-7-5-6-10-14-12/h3-10H,11H2,1H3. The van der Waals surface area contributed by atoms with Crippen LogP contribution in [0.25, 0.3) is 0 Å². The van der Waals surface area contributed by atoms with Crippen LogP contribution in [0.4, 0.5) is 5.69 Å². The summed E-state index contributed by atoms with van der Waals surface area (Å²) in [6.07, 6.45) is 1.82. The highest BCUT2D eigenvalue weighted by Crippen LogP contribution is 2.12. The SMILES string of the molecule is CN(Cc1ccccn1)c1cc[c]cc1. The molecular formula is C13H13N2. The highest BCUT2D eigenvalue weighted by atomic mass is 15.1. The van der Waals surface area contributed by atoms with Gasteiger partial charge in [-0.25, -0.2) is 0 Å². The molecule has 2 rings (SSSR count). The van der Waals surface area contributed by atoms with Gasteiger partial charge in [-0.15, -0.1) is 0 Å². The third-order valence-electron chi connectivity index (χ3n) is 2.27. The van der Waals surface area contributed by atoms with Crippen LogP contribution in [-0.4, -0.2) is 12.0 Å². The third-order valence-corrected chi connectivity index (χ3v) is 2.27. The summed E-state index contributed by atoms with van der Waals surface area (Å²) >= 11 is 0. The van der Waals surface area contributed by atoms with Crippen LogP contribution < -0.4 is 4.90 Å². The zero-order valence-corrected chi connectivity index (χ0v) is 8.72. The Bertz CT molecular complexity index is 397. The predicted molar refractivity (Wildman–Crippen MR) is 61.6 cm³/mol. The molecule has 0 spiro atoms. The van der Waals surface area contributed by atoms with Gasteiger partial charge in [0.1, 0.15) is 0 Å². The van der Waals surface area contributed by atoms with Gasteiger partial charge in [0.2, 0.25) is 0 Å². The molecule has 2 nitrogen and oxygen atoms in total. The summed E-state index contributed by atoms with van der Waals surface area (Å²) in [6.45, 7) is 0.824. The first kappa shape index (κ1) is 9.71. The van der Waals surface area contributed by atoms with E-state index in [-0.39, 0.29) is 0 Å². The maximum atomic E-state index is 4.29. The van der Waals surface area contributed by atoms with E-state index in [1.54, 1.807) is 0 Å². The van der Waals surface area contributed by atoms with Gasteiger partial charge in [0, 0.05) is 18.9 Å². The molecule has 0 atom stereocenters. The van der Waals surface area contributed by atoms with Crippen molar-refractivity contribution < 1.29 is 0 Å². The molecule has 1 aromatic carbocycles. The van der Waals surface area contributed by atoms with Crippen LogP contribution in [-0.2, 0) is 6.54 Å². The molecule has 1 heterocycles. The first-order valence-electron chi connectivity index (χ1n) is 4.93. The molecular weight excluding hydrogens is 184 g/mol. The minimum Gasteiger partial charge on any atom is -0.369 e. The fourth-order valence-electron chi connectivity index (χ4n) is 1.46. The van der Waals surface area contributed by atoms with Crippen molar-refractivity contribution in [2.24, 2.45) is 0 Å². The first-order valence-corrected chi connectivity index (χ1v) is 4.93. The van der Waals surface area contributed by atoms with E-state index in [9.17, 15) is 0 Å². The van der Waals surface area contributed by atoms with Gasteiger partial charge in [0.15, 0.2) is 0 Å². The summed E-state index contributed by atoms with van der Waals surface area (Å²) in [5.74, 6) is 0. The van der Waals surface area contributed by atoms with Gasteiger partial charge in [0.05, 0.1) is 12.2 Å². The van der Waals surface area contributed by atoms with Crippen molar-refractivity contribution in [3.63, 3.8) is 0 Å². The van der Waals surface area contributed by atoms with Gasteiger partial charge in [0.25, 0.3) is 0 Å². The van der Waals surface area contributed by atoms with E-state index in [1.807, 2.05) is 48.7 Å². The Kier molecular flexibility index (Phi) is 2.98. The lowest BCUT2D eigenvalue weighted by molar-refractivity contribution is 0.885. The van der Waals surface area contributed by atoms with Crippen molar-refractivity contribution in [3.05, 3.63) is 60.4 Å². The van der Waals surface area contributed by atoms with E-state index in [1.165, 1.54) is 5.69 Å². The number of aromatic nitrogens is 1. The topological polar surface area (TPSA) is 16.1 Å². The number of rotatable bonds is 3. The molecule has 1 aromatic heterocycles. The molecule has 1 radical (unpaired) electrons. The van der Waals surface area contributed by atoms with Crippen molar-refractivity contribution in [3.8, 4) is 0 Å². The molecule has 0 fully saturated rings. The molecule has 0 unspecified atom stereocenters. The second kappa shape index (κ2) is 4.60. The van der Waals surface area contributed by atoms with Crippen LogP contribution >= 0.6 is 0 Å². The number of benzene rings is 1. The van der Waals surface area contributed by atoms with Crippen LogP contribution in [0.15, 0.2) is 48.7 Å². The summed E-state index contributed by atoms with van der Waals surface area (Å²) in [7, 11) is 2.06. The summed E-state index contributed by atoms with van der Waals surface area (Å²) < 4.78 is 0. The van der Waals surface area contributed by atoms with Gasteiger partial charge in [-0.2, -0.15) is 0 Å². The zero-order chi connectivity index (χ0) is 10.5. The monoisotopic (exact) mass is 197 g/mol. The van der Waals surface area contributed by atoms with Crippen molar-refractivity contribution in [2.45, 2.75) is 6.54 Å². The molecule has 75 valence electrons. The van der Waals surface area contributed by atoms with E-state index >= 15 is 0 Å². The predicted octanol–water partition coefficient (Wildman–Crippen LogP) is 2.52. The number of anilines is 1. The van der Waals surface area contributed by atoms with E-state index in [0.717, 1.165) is 12.2 Å². The summed E-state index contributed by atoms with van der Waals surface area (Å²) in [5, 5.41) is 0. The third kappa shape index (κ3) is 2.56. The van der Waals surface area contributed by atoms with E-state index in [4.69, 9.17) is 0 Å². The van der Waals surface area contributed by atoms with Crippen molar-refractivity contribution in [1.82, 2.24) is 4.98 Å². The maximum Gasteiger partial charge on any atom is 0.0598 e. The number of hydrogen-bond acceptors (Lipinski definition) is 2. The zero-order valence-electron chi connectivity index (χ0n) is 8.72. The Morgan fingerprint density at radius 3 is 2.67 bits per heavy atom. The van der Waals surface area contributed by atoms with E-state index in [0.29, 0.717) is 0 Å². The smallest absolute Gasteiger partial charge is 0.0598 e. The maximum absolute atomic E-state index is 4.29. The highest BCUT2D eigenvalue weighted by Gasteiger charge is 2.00. The van der Waals surface area contributed by atoms with Crippen LogP contribution in [0.3, 0.4) is 0 Å². The second-order valence-electron chi connectivity index (χ2n) is 3.44. The van der Waals surface area contributed by atoms with E-state index < -0.39 is 0 Å². The Morgan fingerprint density at radius 1 is 1.20 bits per heavy atom. The Hall–Kier alpha value is -1.83. The van der Waals surface area contributed by atoms with Crippen molar-refractivity contribution in [1.29, 1.82) is 0 Å². The second-order valence-corrected chi connectivity index (χ2v) is 3.44. The fraction of sp³-hybridized carbons (Fsp3) is 0.154. The first-order chi connectivity index (χ1) is 7.36. The largest absolute Gasteiger partial charge is 0.369 e. The van der Waals surface area contributed by atoms with E-state index in [2.05, 4.69) is 23.0 Å². The van der Waals surface area contributed by atoms with Crippen molar-refractivity contribution >= 4 is 5.69 Å². The minimum absolute atomic E-state index is 0.824. The molecule has 0 amide bonds. The number of pyridine rings is 1. The Balaban J connectivity index is 2.08. The molecule has 0 bridgehead atoms. The lowest BCUT2D eigenvalue weighted by Gasteiger charge is -2.18. The Labute approximate surface area is 90.2 Å². The van der Waals surface area contributed by atoms with Gasteiger partial charge in [-0.05, 0) is 30.3 Å². The van der Waals surface area contributed by atoms with Crippen LogP contribution in [0, 0.1) is 6.07 Å². The molecule has 2 heteroatoms. The number of hydrogen-bond donors (Lipinski definition) is 0. The van der Waals surface area contributed by atoms with Crippen molar-refractivity contribution in [2.75, 3.05) is 11.9 Å². The molecule has 2 aromatic rings. The van der Waals surface area contributed by atoms with Gasteiger partial charge in [-0.1, -0.05) is 18.2 Å². The molecule has 0 saturated heterocycles. The Morgan fingerprint density at radius 2 is 2.00 bits per heavy atom. The van der Waals surface area contributed by atoms with Crippen LogP contribution in [0.2, 0.25) is 0 Å². The number of nitrogens with zero attached hydrogens (tertiary/aromatic N) is 2. The molecule has 0 aliphatic rings. The molecule has 0 aliphatic heterocycles. The fourth-order valence-corrected chi connectivity index (χ4v) is 1.46. The van der Waals surface area contributed by atoms with Crippen LogP contribution in [0.5, 0.6) is 0 Å². The quantitative estimate of drug-likeness (QED) is 0.751. The van der Waals surface area contributed by atoms with Gasteiger partial charge >= 0.3 is 0 Å². The summed E-state index contributed by atoms with van der Waals surface area (Å²) in [5.41, 5.74) is 2.26. The molecule has 0 N–H and O–H groups in total. The lowest BCUT2D eigenvalue weighted by Crippen LogP contribution is -2.16.